The van der Waals surface area contributed by atoms with Crippen LogP contribution in [0, 0.1) is 11.7 Å². The summed E-state index contributed by atoms with van der Waals surface area (Å²) in [6, 6.07) is 2.93. The van der Waals surface area contributed by atoms with Crippen molar-refractivity contribution in [3.63, 3.8) is 0 Å². The van der Waals surface area contributed by atoms with Gasteiger partial charge in [0.1, 0.15) is 11.6 Å². The van der Waals surface area contributed by atoms with Crippen molar-refractivity contribution in [3.05, 3.63) is 30.0 Å². The first-order valence-electron chi connectivity index (χ1n) is 7.61. The first kappa shape index (κ1) is 13.9. The normalized spacial score (nSPS) is 21.3. The van der Waals surface area contributed by atoms with Gasteiger partial charge in [-0.25, -0.2) is 14.4 Å². The quantitative estimate of drug-likeness (QED) is 0.848. The number of rotatable bonds is 5. The molecule has 1 saturated heterocycles. The average molecular weight is 320 g/mol. The van der Waals surface area contributed by atoms with Crippen LogP contribution in [0.2, 0.25) is 0 Å². The number of anilines is 1. The van der Waals surface area contributed by atoms with Crippen LogP contribution in [-0.2, 0) is 0 Å². The Balaban J connectivity index is 1.30. The van der Waals surface area contributed by atoms with Gasteiger partial charge in [0.15, 0.2) is 0 Å². The zero-order valence-electron chi connectivity index (χ0n) is 12.1. The van der Waals surface area contributed by atoms with Gasteiger partial charge in [0.25, 0.3) is 0 Å². The summed E-state index contributed by atoms with van der Waals surface area (Å²) in [5.41, 5.74) is 0. The van der Waals surface area contributed by atoms with E-state index in [4.69, 9.17) is 4.74 Å². The second-order valence-electron chi connectivity index (χ2n) is 5.94. The zero-order chi connectivity index (χ0) is 14.9. The van der Waals surface area contributed by atoms with E-state index < -0.39 is 0 Å². The minimum Gasteiger partial charge on any atom is -0.477 e. The summed E-state index contributed by atoms with van der Waals surface area (Å²) in [7, 11) is 0. The molecular weight excluding hydrogens is 303 g/mol. The highest BCUT2D eigenvalue weighted by Crippen LogP contribution is 2.40. The standard InChI is InChI=1S/C15H17FN4OS/c16-12-3-4-13(17-7-12)21-9-10-5-6-20(8-10)15-18-14(19-22-15)11-1-2-11/h3-4,7,10-11H,1-2,5-6,8-9H2. The van der Waals surface area contributed by atoms with Gasteiger partial charge < -0.3 is 9.64 Å². The van der Waals surface area contributed by atoms with E-state index in [1.807, 2.05) is 0 Å². The molecule has 0 aromatic carbocycles. The largest absolute Gasteiger partial charge is 0.477 e. The fourth-order valence-electron chi connectivity index (χ4n) is 2.66. The SMILES string of the molecule is Fc1ccc(OCC2CCN(c3nc(C4CC4)ns3)C2)nc1. The first-order valence-corrected chi connectivity index (χ1v) is 8.38. The minimum absolute atomic E-state index is 0.345. The van der Waals surface area contributed by atoms with Crippen LogP contribution in [0.3, 0.4) is 0 Å². The van der Waals surface area contributed by atoms with E-state index in [9.17, 15) is 4.39 Å². The molecule has 0 radical (unpaired) electrons. The van der Waals surface area contributed by atoms with Crippen molar-refractivity contribution < 1.29 is 9.13 Å². The van der Waals surface area contributed by atoms with Crippen molar-refractivity contribution in [1.29, 1.82) is 0 Å². The second kappa shape index (κ2) is 5.79. The van der Waals surface area contributed by atoms with Gasteiger partial charge in [0, 0.05) is 42.5 Å². The van der Waals surface area contributed by atoms with Gasteiger partial charge in [0.2, 0.25) is 11.0 Å². The maximum Gasteiger partial charge on any atom is 0.213 e. The molecule has 0 bridgehead atoms. The molecule has 2 fully saturated rings. The molecular formula is C15H17FN4OS. The van der Waals surface area contributed by atoms with Crippen LogP contribution in [0.4, 0.5) is 9.52 Å². The summed E-state index contributed by atoms with van der Waals surface area (Å²) in [6.07, 6.45) is 4.71. The lowest BCUT2D eigenvalue weighted by Crippen LogP contribution is -2.21. The van der Waals surface area contributed by atoms with E-state index >= 15 is 0 Å². The molecule has 1 aliphatic heterocycles. The molecule has 1 aliphatic carbocycles. The highest BCUT2D eigenvalue weighted by molar-refractivity contribution is 7.09. The zero-order valence-corrected chi connectivity index (χ0v) is 12.9. The van der Waals surface area contributed by atoms with Crippen molar-refractivity contribution in [2.75, 3.05) is 24.6 Å². The maximum absolute atomic E-state index is 12.8. The van der Waals surface area contributed by atoms with Crippen LogP contribution in [0.5, 0.6) is 5.88 Å². The van der Waals surface area contributed by atoms with Gasteiger partial charge in [-0.3, -0.25) is 0 Å². The molecule has 5 nitrogen and oxygen atoms in total. The fourth-order valence-corrected chi connectivity index (χ4v) is 3.44. The third-order valence-corrected chi connectivity index (χ3v) is 4.89. The Morgan fingerprint density at radius 1 is 1.32 bits per heavy atom. The summed E-state index contributed by atoms with van der Waals surface area (Å²) < 4.78 is 22.9. The number of aromatic nitrogens is 3. The van der Waals surface area contributed by atoms with Gasteiger partial charge in [0.05, 0.1) is 12.8 Å². The molecule has 2 aromatic heterocycles. The van der Waals surface area contributed by atoms with Gasteiger partial charge in [-0.15, -0.1) is 0 Å². The number of nitrogens with zero attached hydrogens (tertiary/aromatic N) is 4. The first-order chi connectivity index (χ1) is 10.8. The van der Waals surface area contributed by atoms with Crippen LogP contribution < -0.4 is 9.64 Å². The van der Waals surface area contributed by atoms with E-state index in [1.54, 1.807) is 6.07 Å². The Kier molecular flexibility index (Phi) is 3.65. The summed E-state index contributed by atoms with van der Waals surface area (Å²) in [4.78, 5) is 10.9. The topological polar surface area (TPSA) is 51.1 Å². The van der Waals surface area contributed by atoms with Crippen LogP contribution in [-0.4, -0.2) is 34.0 Å². The molecule has 3 heterocycles. The number of halogens is 1. The summed E-state index contributed by atoms with van der Waals surface area (Å²) in [5, 5.41) is 1.03. The summed E-state index contributed by atoms with van der Waals surface area (Å²) in [5.74, 6) is 2.21. The molecule has 0 spiro atoms. The third kappa shape index (κ3) is 3.04. The van der Waals surface area contributed by atoms with Crippen molar-refractivity contribution in [1.82, 2.24) is 14.3 Å². The second-order valence-corrected chi connectivity index (χ2v) is 6.67. The van der Waals surface area contributed by atoms with E-state index in [1.165, 1.54) is 36.6 Å². The van der Waals surface area contributed by atoms with Crippen molar-refractivity contribution in [3.8, 4) is 5.88 Å². The molecule has 22 heavy (non-hydrogen) atoms. The molecule has 2 aromatic rings. The van der Waals surface area contributed by atoms with Crippen molar-refractivity contribution in [2.24, 2.45) is 5.92 Å². The third-order valence-electron chi connectivity index (χ3n) is 4.10. The molecule has 0 N–H and O–H groups in total. The highest BCUT2D eigenvalue weighted by atomic mass is 32.1. The molecule has 0 amide bonds. The van der Waals surface area contributed by atoms with E-state index in [-0.39, 0.29) is 5.82 Å². The van der Waals surface area contributed by atoms with Gasteiger partial charge >= 0.3 is 0 Å². The van der Waals surface area contributed by atoms with Crippen LogP contribution in [0.1, 0.15) is 31.0 Å². The summed E-state index contributed by atoms with van der Waals surface area (Å²) >= 11 is 1.50. The Labute approximate surface area is 132 Å². The van der Waals surface area contributed by atoms with Gasteiger partial charge in [-0.1, -0.05) is 0 Å². The predicted molar refractivity (Wildman–Crippen MR) is 81.9 cm³/mol. The van der Waals surface area contributed by atoms with Crippen LogP contribution >= 0.6 is 11.5 Å². The van der Waals surface area contributed by atoms with Crippen LogP contribution in [0.25, 0.3) is 0 Å². The van der Waals surface area contributed by atoms with Crippen LogP contribution in [0.15, 0.2) is 18.3 Å². The minimum atomic E-state index is -0.345. The lowest BCUT2D eigenvalue weighted by Gasteiger charge is -2.14. The number of pyridine rings is 1. The van der Waals surface area contributed by atoms with E-state index in [0.29, 0.717) is 24.3 Å². The number of hydrogen-bond acceptors (Lipinski definition) is 6. The van der Waals surface area contributed by atoms with Gasteiger partial charge in [-0.05, 0) is 25.3 Å². The Hall–Kier alpha value is -1.76. The molecule has 1 atom stereocenters. The predicted octanol–water partition coefficient (Wildman–Crippen LogP) is 2.85. The molecule has 7 heteroatoms. The molecule has 4 rings (SSSR count). The Morgan fingerprint density at radius 2 is 2.23 bits per heavy atom. The Bertz CT molecular complexity index is 643. The average Bonchev–Trinajstić information content (AvgIpc) is 3.08. The lowest BCUT2D eigenvalue weighted by atomic mass is 10.1. The van der Waals surface area contributed by atoms with E-state index in [2.05, 4.69) is 19.2 Å². The van der Waals surface area contributed by atoms with E-state index in [0.717, 1.165) is 30.5 Å². The molecule has 116 valence electrons. The highest BCUT2D eigenvalue weighted by Gasteiger charge is 2.30. The van der Waals surface area contributed by atoms with Crippen molar-refractivity contribution >= 4 is 16.7 Å². The fraction of sp³-hybridized carbons (Fsp3) is 0.533. The Morgan fingerprint density at radius 3 is 3.00 bits per heavy atom. The smallest absolute Gasteiger partial charge is 0.213 e. The van der Waals surface area contributed by atoms with Crippen molar-refractivity contribution in [2.45, 2.75) is 25.2 Å². The maximum atomic E-state index is 12.8. The number of ether oxygens (including phenoxy) is 1. The monoisotopic (exact) mass is 320 g/mol. The lowest BCUT2D eigenvalue weighted by molar-refractivity contribution is 0.251. The molecule has 1 unspecified atom stereocenters. The molecule has 1 saturated carbocycles. The summed E-state index contributed by atoms with van der Waals surface area (Å²) in [6.45, 7) is 2.52. The molecule has 2 aliphatic rings. The van der Waals surface area contributed by atoms with Gasteiger partial charge in [-0.2, -0.15) is 4.37 Å². The number of hydrogen-bond donors (Lipinski definition) is 0.